The lowest BCUT2D eigenvalue weighted by Crippen LogP contribution is -2.15. The second-order valence-corrected chi connectivity index (χ2v) is 5.39. The molecule has 1 saturated carbocycles. The number of rotatable bonds is 3. The standard InChI is InChI=1S/C10H15N5S/c1-8(7-11)16-10-12-13-14-15(10)9-5-3-2-4-6-9/h8-9H,2-6H2,1H3/t8-/m1/s1. The number of nitriles is 1. The summed E-state index contributed by atoms with van der Waals surface area (Å²) < 4.78 is 1.90. The lowest BCUT2D eigenvalue weighted by Gasteiger charge is -2.22. The van der Waals surface area contributed by atoms with Gasteiger partial charge < -0.3 is 0 Å². The number of hydrogen-bond donors (Lipinski definition) is 0. The molecular formula is C10H15N5S. The topological polar surface area (TPSA) is 67.4 Å². The summed E-state index contributed by atoms with van der Waals surface area (Å²) in [7, 11) is 0. The van der Waals surface area contributed by atoms with Gasteiger partial charge in [0.25, 0.3) is 0 Å². The second kappa shape index (κ2) is 5.30. The summed E-state index contributed by atoms with van der Waals surface area (Å²) in [6.07, 6.45) is 6.12. The summed E-state index contributed by atoms with van der Waals surface area (Å²) in [4.78, 5) is 0. The quantitative estimate of drug-likeness (QED) is 0.754. The Kier molecular flexibility index (Phi) is 3.78. The monoisotopic (exact) mass is 237 g/mol. The van der Waals surface area contributed by atoms with Crippen molar-refractivity contribution in [2.75, 3.05) is 0 Å². The first-order valence-electron chi connectivity index (χ1n) is 5.65. The highest BCUT2D eigenvalue weighted by Crippen LogP contribution is 2.31. The van der Waals surface area contributed by atoms with Crippen molar-refractivity contribution in [1.82, 2.24) is 20.2 Å². The summed E-state index contributed by atoms with van der Waals surface area (Å²) in [6, 6.07) is 2.62. The summed E-state index contributed by atoms with van der Waals surface area (Å²) in [6.45, 7) is 1.87. The zero-order chi connectivity index (χ0) is 11.4. The molecule has 0 aliphatic heterocycles. The van der Waals surface area contributed by atoms with Gasteiger partial charge in [-0.15, -0.1) is 5.10 Å². The molecule has 0 unspecified atom stereocenters. The van der Waals surface area contributed by atoms with Crippen molar-refractivity contribution in [3.8, 4) is 6.07 Å². The Morgan fingerprint density at radius 2 is 2.19 bits per heavy atom. The summed E-state index contributed by atoms with van der Waals surface area (Å²) >= 11 is 1.44. The van der Waals surface area contributed by atoms with Crippen LogP contribution in [0.25, 0.3) is 0 Å². The molecule has 0 saturated heterocycles. The van der Waals surface area contributed by atoms with E-state index in [9.17, 15) is 0 Å². The average molecular weight is 237 g/mol. The molecule has 16 heavy (non-hydrogen) atoms. The molecule has 1 aromatic rings. The molecule has 0 aromatic carbocycles. The molecule has 1 aromatic heterocycles. The van der Waals surface area contributed by atoms with Crippen LogP contribution in [0.1, 0.15) is 45.1 Å². The van der Waals surface area contributed by atoms with Crippen molar-refractivity contribution in [3.63, 3.8) is 0 Å². The van der Waals surface area contributed by atoms with Gasteiger partial charge in [0.1, 0.15) is 0 Å². The normalized spacial score (nSPS) is 19.2. The van der Waals surface area contributed by atoms with Crippen LogP contribution in [-0.2, 0) is 0 Å². The van der Waals surface area contributed by atoms with Crippen LogP contribution in [0.5, 0.6) is 0 Å². The maximum absolute atomic E-state index is 8.79. The van der Waals surface area contributed by atoms with Crippen molar-refractivity contribution in [2.24, 2.45) is 0 Å². The minimum atomic E-state index is -0.103. The van der Waals surface area contributed by atoms with Gasteiger partial charge in [-0.05, 0) is 30.2 Å². The Labute approximate surface area is 99.2 Å². The molecule has 2 rings (SSSR count). The lowest BCUT2D eigenvalue weighted by atomic mass is 9.96. The number of hydrogen-bond acceptors (Lipinski definition) is 5. The van der Waals surface area contributed by atoms with E-state index in [1.54, 1.807) is 0 Å². The molecule has 1 heterocycles. The van der Waals surface area contributed by atoms with Gasteiger partial charge in [-0.2, -0.15) is 5.26 Å². The molecule has 1 aliphatic rings. The van der Waals surface area contributed by atoms with Crippen molar-refractivity contribution < 1.29 is 0 Å². The number of aromatic nitrogens is 4. The van der Waals surface area contributed by atoms with Gasteiger partial charge in [-0.1, -0.05) is 31.0 Å². The van der Waals surface area contributed by atoms with E-state index >= 15 is 0 Å². The molecule has 6 heteroatoms. The highest BCUT2D eigenvalue weighted by atomic mass is 32.2. The SMILES string of the molecule is C[C@H](C#N)Sc1nnnn1C1CCCCC1. The third-order valence-corrected chi connectivity index (χ3v) is 3.79. The summed E-state index contributed by atoms with van der Waals surface area (Å²) in [5.41, 5.74) is 0. The molecule has 0 N–H and O–H groups in total. The van der Waals surface area contributed by atoms with E-state index in [-0.39, 0.29) is 5.25 Å². The Morgan fingerprint density at radius 3 is 2.88 bits per heavy atom. The van der Waals surface area contributed by atoms with Crippen LogP contribution in [0.4, 0.5) is 0 Å². The minimum absolute atomic E-state index is 0.103. The van der Waals surface area contributed by atoms with E-state index in [2.05, 4.69) is 21.6 Å². The second-order valence-electron chi connectivity index (χ2n) is 4.09. The summed E-state index contributed by atoms with van der Waals surface area (Å²) in [5, 5.41) is 21.2. The van der Waals surface area contributed by atoms with E-state index < -0.39 is 0 Å². The molecule has 0 radical (unpaired) electrons. The van der Waals surface area contributed by atoms with Gasteiger partial charge in [-0.3, -0.25) is 0 Å². The molecule has 1 aliphatic carbocycles. The maximum atomic E-state index is 8.79. The first kappa shape index (κ1) is 11.4. The fraction of sp³-hybridized carbons (Fsp3) is 0.800. The molecule has 0 spiro atoms. The van der Waals surface area contributed by atoms with Crippen molar-refractivity contribution in [2.45, 2.75) is 55.5 Å². The van der Waals surface area contributed by atoms with Gasteiger partial charge in [0.15, 0.2) is 0 Å². The first-order chi connectivity index (χ1) is 7.81. The average Bonchev–Trinajstić information content (AvgIpc) is 2.78. The Hall–Kier alpha value is -1.09. The van der Waals surface area contributed by atoms with Crippen LogP contribution in [0.2, 0.25) is 0 Å². The molecule has 0 amide bonds. The summed E-state index contributed by atoms with van der Waals surface area (Å²) in [5.74, 6) is 0. The van der Waals surface area contributed by atoms with E-state index in [0.717, 1.165) is 18.0 Å². The van der Waals surface area contributed by atoms with Gasteiger partial charge >= 0.3 is 0 Å². The van der Waals surface area contributed by atoms with Gasteiger partial charge in [0.2, 0.25) is 5.16 Å². The highest BCUT2D eigenvalue weighted by Gasteiger charge is 2.21. The Bertz CT molecular complexity index is 377. The molecular weight excluding hydrogens is 222 g/mol. The van der Waals surface area contributed by atoms with Crippen molar-refractivity contribution in [1.29, 1.82) is 5.26 Å². The van der Waals surface area contributed by atoms with Crippen LogP contribution in [0, 0.1) is 11.3 Å². The highest BCUT2D eigenvalue weighted by molar-refractivity contribution is 8.00. The van der Waals surface area contributed by atoms with Crippen LogP contribution < -0.4 is 0 Å². The predicted octanol–water partition coefficient (Wildman–Crippen LogP) is 2.18. The number of tetrazole rings is 1. The van der Waals surface area contributed by atoms with Crippen LogP contribution >= 0.6 is 11.8 Å². The maximum Gasteiger partial charge on any atom is 0.210 e. The minimum Gasteiger partial charge on any atom is -0.217 e. The van der Waals surface area contributed by atoms with Gasteiger partial charge in [-0.25, -0.2) is 4.68 Å². The largest absolute Gasteiger partial charge is 0.217 e. The van der Waals surface area contributed by atoms with E-state index in [1.165, 1.54) is 31.0 Å². The Balaban J connectivity index is 2.09. The van der Waals surface area contributed by atoms with Crippen LogP contribution in [0.15, 0.2) is 5.16 Å². The zero-order valence-electron chi connectivity index (χ0n) is 9.33. The fourth-order valence-electron chi connectivity index (χ4n) is 2.00. The third kappa shape index (κ3) is 2.53. The molecule has 5 nitrogen and oxygen atoms in total. The number of nitrogens with zero attached hydrogens (tertiary/aromatic N) is 5. The number of thioether (sulfide) groups is 1. The van der Waals surface area contributed by atoms with Gasteiger partial charge in [0.05, 0.1) is 17.4 Å². The molecule has 86 valence electrons. The predicted molar refractivity (Wildman–Crippen MR) is 60.9 cm³/mol. The molecule has 1 fully saturated rings. The van der Waals surface area contributed by atoms with Gasteiger partial charge in [0, 0.05) is 0 Å². The van der Waals surface area contributed by atoms with Crippen molar-refractivity contribution >= 4 is 11.8 Å². The first-order valence-corrected chi connectivity index (χ1v) is 6.53. The van der Waals surface area contributed by atoms with E-state index in [0.29, 0.717) is 6.04 Å². The zero-order valence-corrected chi connectivity index (χ0v) is 10.2. The van der Waals surface area contributed by atoms with E-state index in [1.807, 2.05) is 11.6 Å². The lowest BCUT2D eigenvalue weighted by molar-refractivity contribution is 0.307. The Morgan fingerprint density at radius 1 is 1.44 bits per heavy atom. The van der Waals surface area contributed by atoms with E-state index in [4.69, 9.17) is 5.26 Å². The van der Waals surface area contributed by atoms with Crippen LogP contribution in [0.3, 0.4) is 0 Å². The third-order valence-electron chi connectivity index (χ3n) is 2.85. The van der Waals surface area contributed by atoms with Crippen LogP contribution in [-0.4, -0.2) is 25.5 Å². The fourth-order valence-corrected chi connectivity index (χ4v) is 2.75. The van der Waals surface area contributed by atoms with Crippen molar-refractivity contribution in [3.05, 3.63) is 0 Å². The molecule has 1 atom stereocenters. The molecule has 0 bridgehead atoms. The smallest absolute Gasteiger partial charge is 0.210 e.